The Morgan fingerprint density at radius 3 is 2.29 bits per heavy atom. The van der Waals surface area contributed by atoms with Gasteiger partial charge in [0.05, 0.1) is 5.54 Å². The van der Waals surface area contributed by atoms with Gasteiger partial charge in [-0.1, -0.05) is 18.2 Å². The molecule has 0 bridgehead atoms. The Morgan fingerprint density at radius 1 is 1.08 bits per heavy atom. The number of carbonyl (C=O) groups is 2. The van der Waals surface area contributed by atoms with E-state index < -0.39 is 17.5 Å². The molecular formula is C18H20FN3O2. The van der Waals surface area contributed by atoms with Crippen LogP contribution in [0.15, 0.2) is 42.5 Å². The first kappa shape index (κ1) is 17.5. The Labute approximate surface area is 140 Å². The van der Waals surface area contributed by atoms with E-state index in [0.29, 0.717) is 11.3 Å². The molecular weight excluding hydrogens is 309 g/mol. The van der Waals surface area contributed by atoms with E-state index >= 15 is 0 Å². The summed E-state index contributed by atoms with van der Waals surface area (Å²) < 4.78 is 13.0. The largest absolute Gasteiger partial charge is 0.366 e. The summed E-state index contributed by atoms with van der Waals surface area (Å²) in [6.07, 6.45) is 0. The number of amides is 3. The number of urea groups is 1. The lowest BCUT2D eigenvalue weighted by Gasteiger charge is -2.27. The van der Waals surface area contributed by atoms with Crippen LogP contribution >= 0.6 is 0 Å². The molecule has 0 atom stereocenters. The number of hydrogen-bond donors (Lipinski definition) is 3. The fourth-order valence-electron chi connectivity index (χ4n) is 2.35. The van der Waals surface area contributed by atoms with Gasteiger partial charge in [-0.25, -0.2) is 9.18 Å². The predicted octanol–water partition coefficient (Wildman–Crippen LogP) is 3.29. The topological polar surface area (TPSA) is 84.2 Å². The van der Waals surface area contributed by atoms with E-state index in [-0.39, 0.29) is 5.82 Å². The number of rotatable bonds is 4. The zero-order valence-corrected chi connectivity index (χ0v) is 13.8. The van der Waals surface area contributed by atoms with Crippen molar-refractivity contribution in [1.29, 1.82) is 0 Å². The molecule has 0 aliphatic rings. The highest BCUT2D eigenvalue weighted by atomic mass is 19.1. The van der Waals surface area contributed by atoms with Crippen LogP contribution in [0.5, 0.6) is 0 Å². The molecule has 0 spiro atoms. The lowest BCUT2D eigenvalue weighted by atomic mass is 9.94. The zero-order chi connectivity index (χ0) is 17.9. The third-order valence-electron chi connectivity index (χ3n) is 3.75. The summed E-state index contributed by atoms with van der Waals surface area (Å²) in [7, 11) is 0. The molecule has 0 radical (unpaired) electrons. The lowest BCUT2D eigenvalue weighted by Crippen LogP contribution is -2.43. The van der Waals surface area contributed by atoms with E-state index in [9.17, 15) is 14.0 Å². The third-order valence-corrected chi connectivity index (χ3v) is 3.75. The number of halogens is 1. The molecule has 0 unspecified atom stereocenters. The van der Waals surface area contributed by atoms with Gasteiger partial charge >= 0.3 is 6.03 Å². The van der Waals surface area contributed by atoms with Gasteiger partial charge in [0.2, 0.25) is 5.91 Å². The van der Waals surface area contributed by atoms with Crippen molar-refractivity contribution in [3.05, 3.63) is 65.0 Å². The van der Waals surface area contributed by atoms with E-state index in [0.717, 1.165) is 11.1 Å². The standard InChI is InChI=1S/C18H20FN3O2/c1-11-4-9-14(10-15(11)16(20)23)21-17(24)22-18(2,3)12-5-7-13(19)8-6-12/h4-10H,1-3H3,(H2,20,23)(H2,21,22,24). The van der Waals surface area contributed by atoms with Crippen molar-refractivity contribution in [2.75, 3.05) is 5.32 Å². The molecule has 2 rings (SSSR count). The molecule has 0 aromatic heterocycles. The van der Waals surface area contributed by atoms with Gasteiger partial charge in [0.1, 0.15) is 5.82 Å². The monoisotopic (exact) mass is 329 g/mol. The van der Waals surface area contributed by atoms with Gasteiger partial charge in [0.25, 0.3) is 0 Å². The zero-order valence-electron chi connectivity index (χ0n) is 13.8. The van der Waals surface area contributed by atoms with E-state index in [1.807, 2.05) is 13.8 Å². The van der Waals surface area contributed by atoms with Crippen LogP contribution in [0.4, 0.5) is 14.9 Å². The SMILES string of the molecule is Cc1ccc(NC(=O)NC(C)(C)c2ccc(F)cc2)cc1C(N)=O. The van der Waals surface area contributed by atoms with E-state index in [1.54, 1.807) is 31.2 Å². The highest BCUT2D eigenvalue weighted by molar-refractivity contribution is 5.97. The molecule has 0 fully saturated rings. The molecule has 126 valence electrons. The van der Waals surface area contributed by atoms with Crippen LogP contribution in [0.25, 0.3) is 0 Å². The smallest absolute Gasteiger partial charge is 0.319 e. The van der Waals surface area contributed by atoms with Crippen molar-refractivity contribution >= 4 is 17.6 Å². The molecule has 2 aromatic rings. The summed E-state index contributed by atoms with van der Waals surface area (Å²) >= 11 is 0. The number of nitrogens with two attached hydrogens (primary N) is 1. The molecule has 6 heteroatoms. The van der Waals surface area contributed by atoms with Crippen LogP contribution in [0.3, 0.4) is 0 Å². The minimum absolute atomic E-state index is 0.336. The molecule has 0 aliphatic heterocycles. The van der Waals surface area contributed by atoms with Gasteiger partial charge < -0.3 is 16.4 Å². The van der Waals surface area contributed by atoms with E-state index in [4.69, 9.17) is 5.73 Å². The first-order chi connectivity index (χ1) is 11.2. The van der Waals surface area contributed by atoms with Crippen molar-refractivity contribution in [3.63, 3.8) is 0 Å². The number of primary amides is 1. The van der Waals surface area contributed by atoms with E-state index in [2.05, 4.69) is 10.6 Å². The first-order valence-electron chi connectivity index (χ1n) is 7.45. The molecule has 5 nitrogen and oxygen atoms in total. The Kier molecular flexibility index (Phi) is 4.87. The molecule has 3 amide bonds. The molecule has 0 aliphatic carbocycles. The summed E-state index contributed by atoms with van der Waals surface area (Å²) in [5.41, 5.74) is 6.92. The number of aryl methyl sites for hydroxylation is 1. The first-order valence-corrected chi connectivity index (χ1v) is 7.45. The quantitative estimate of drug-likeness (QED) is 0.804. The molecule has 0 saturated heterocycles. The summed E-state index contributed by atoms with van der Waals surface area (Å²) in [4.78, 5) is 23.6. The van der Waals surface area contributed by atoms with Gasteiger partial charge in [-0.05, 0) is 56.2 Å². The Morgan fingerprint density at radius 2 is 1.71 bits per heavy atom. The molecule has 4 N–H and O–H groups in total. The normalized spacial score (nSPS) is 11.0. The predicted molar refractivity (Wildman–Crippen MR) is 91.3 cm³/mol. The second-order valence-electron chi connectivity index (χ2n) is 6.10. The van der Waals surface area contributed by atoms with Crippen LogP contribution in [0.1, 0.15) is 35.3 Å². The summed E-state index contributed by atoms with van der Waals surface area (Å²) in [5.74, 6) is -0.888. The van der Waals surface area contributed by atoms with Crippen molar-refractivity contribution in [3.8, 4) is 0 Å². The fraction of sp³-hybridized carbons (Fsp3) is 0.222. The average Bonchev–Trinajstić information content (AvgIpc) is 2.48. The third kappa shape index (κ3) is 4.10. The minimum Gasteiger partial charge on any atom is -0.366 e. The highest BCUT2D eigenvalue weighted by Gasteiger charge is 2.23. The van der Waals surface area contributed by atoms with Crippen LogP contribution in [-0.4, -0.2) is 11.9 Å². The van der Waals surface area contributed by atoms with Gasteiger partial charge in [0.15, 0.2) is 0 Å². The van der Waals surface area contributed by atoms with Gasteiger partial charge in [-0.15, -0.1) is 0 Å². The van der Waals surface area contributed by atoms with Gasteiger partial charge in [-0.3, -0.25) is 4.79 Å². The Hall–Kier alpha value is -2.89. The van der Waals surface area contributed by atoms with Crippen LogP contribution in [0.2, 0.25) is 0 Å². The maximum absolute atomic E-state index is 13.0. The average molecular weight is 329 g/mol. The summed E-state index contributed by atoms with van der Waals surface area (Å²) in [6.45, 7) is 5.38. The van der Waals surface area contributed by atoms with Crippen molar-refractivity contribution in [1.82, 2.24) is 5.32 Å². The second-order valence-corrected chi connectivity index (χ2v) is 6.10. The number of nitrogens with one attached hydrogen (secondary N) is 2. The number of benzene rings is 2. The Bertz CT molecular complexity index is 770. The number of carbonyl (C=O) groups excluding carboxylic acids is 2. The Balaban J connectivity index is 2.11. The van der Waals surface area contributed by atoms with Gasteiger partial charge in [-0.2, -0.15) is 0 Å². The number of anilines is 1. The summed E-state index contributed by atoms with van der Waals surface area (Å²) in [5, 5.41) is 5.48. The van der Waals surface area contributed by atoms with Crippen molar-refractivity contribution in [2.24, 2.45) is 5.73 Å². The molecule has 0 saturated carbocycles. The maximum Gasteiger partial charge on any atom is 0.319 e. The van der Waals surface area contributed by atoms with Gasteiger partial charge in [0, 0.05) is 11.3 Å². The molecule has 2 aromatic carbocycles. The fourth-order valence-corrected chi connectivity index (χ4v) is 2.35. The summed E-state index contributed by atoms with van der Waals surface area (Å²) in [6, 6.07) is 10.4. The van der Waals surface area contributed by atoms with Crippen LogP contribution in [0, 0.1) is 12.7 Å². The second kappa shape index (κ2) is 6.70. The van der Waals surface area contributed by atoms with Crippen molar-refractivity contribution < 1.29 is 14.0 Å². The number of hydrogen-bond acceptors (Lipinski definition) is 2. The molecule has 0 heterocycles. The van der Waals surface area contributed by atoms with Crippen LogP contribution in [-0.2, 0) is 5.54 Å². The maximum atomic E-state index is 13.0. The lowest BCUT2D eigenvalue weighted by molar-refractivity contribution is 0.0999. The minimum atomic E-state index is -0.699. The molecule has 24 heavy (non-hydrogen) atoms. The highest BCUT2D eigenvalue weighted by Crippen LogP contribution is 2.21. The van der Waals surface area contributed by atoms with Crippen molar-refractivity contribution in [2.45, 2.75) is 26.3 Å². The van der Waals surface area contributed by atoms with E-state index in [1.165, 1.54) is 18.2 Å². The van der Waals surface area contributed by atoms with Crippen LogP contribution < -0.4 is 16.4 Å².